The molecule has 1 aromatic heterocycles. The van der Waals surface area contributed by atoms with Crippen molar-refractivity contribution in [1.82, 2.24) is 9.55 Å². The van der Waals surface area contributed by atoms with Crippen molar-refractivity contribution in [3.63, 3.8) is 0 Å². The maximum absolute atomic E-state index is 6.20. The Hall–Kier alpha value is -0.730. The van der Waals surface area contributed by atoms with E-state index in [2.05, 4.69) is 11.5 Å². The fourth-order valence-corrected chi connectivity index (χ4v) is 4.02. The van der Waals surface area contributed by atoms with Gasteiger partial charge < -0.3 is 4.57 Å². The molecule has 4 heteroatoms. The predicted molar refractivity (Wildman–Crippen MR) is 90.4 cm³/mol. The van der Waals surface area contributed by atoms with Crippen molar-refractivity contribution in [3.8, 4) is 0 Å². The van der Waals surface area contributed by atoms with Crippen LogP contribution in [0.1, 0.15) is 44.9 Å². The Morgan fingerprint density at radius 3 is 2.71 bits per heavy atom. The van der Waals surface area contributed by atoms with Crippen LogP contribution in [0.2, 0.25) is 5.02 Å². The highest BCUT2D eigenvalue weighted by Crippen LogP contribution is 2.43. The highest BCUT2D eigenvalue weighted by atomic mass is 35.5. The molecule has 3 rings (SSSR count). The molecule has 2 aromatic rings. The molecule has 2 nitrogen and oxygen atoms in total. The standard InChI is InChI=1S/C17H22Cl2N2/c1-2-17(8-3-4-9-17)12-21-15-11-13(19)5-6-14(15)20-16(21)7-10-18/h5-6,11H,2-4,7-10,12H2,1H3. The molecule has 0 radical (unpaired) electrons. The number of nitrogens with zero attached hydrogens (tertiary/aromatic N) is 2. The van der Waals surface area contributed by atoms with E-state index >= 15 is 0 Å². The van der Waals surface area contributed by atoms with Crippen LogP contribution in [0.15, 0.2) is 18.2 Å². The lowest BCUT2D eigenvalue weighted by Gasteiger charge is -2.29. The zero-order valence-electron chi connectivity index (χ0n) is 12.5. The predicted octanol–water partition coefficient (Wildman–Crippen LogP) is 5.44. The monoisotopic (exact) mass is 324 g/mol. The summed E-state index contributed by atoms with van der Waals surface area (Å²) >= 11 is 12.2. The second-order valence-electron chi connectivity index (χ2n) is 6.25. The van der Waals surface area contributed by atoms with Gasteiger partial charge in [-0.25, -0.2) is 4.98 Å². The topological polar surface area (TPSA) is 17.8 Å². The third kappa shape index (κ3) is 2.93. The summed E-state index contributed by atoms with van der Waals surface area (Å²) in [5, 5.41) is 0.776. The van der Waals surface area contributed by atoms with Crippen molar-refractivity contribution in [3.05, 3.63) is 29.0 Å². The molecule has 0 amide bonds. The molecule has 1 aromatic carbocycles. The molecule has 1 aliphatic carbocycles. The van der Waals surface area contributed by atoms with Crippen LogP contribution in [-0.4, -0.2) is 15.4 Å². The highest BCUT2D eigenvalue weighted by molar-refractivity contribution is 6.31. The van der Waals surface area contributed by atoms with Crippen LogP contribution in [0, 0.1) is 5.41 Å². The van der Waals surface area contributed by atoms with E-state index < -0.39 is 0 Å². The SMILES string of the molecule is CCC1(Cn2c(CCCl)nc3ccc(Cl)cc32)CCCC1. The van der Waals surface area contributed by atoms with Crippen molar-refractivity contribution >= 4 is 34.2 Å². The van der Waals surface area contributed by atoms with E-state index in [1.54, 1.807) is 0 Å². The van der Waals surface area contributed by atoms with Crippen LogP contribution in [-0.2, 0) is 13.0 Å². The number of hydrogen-bond acceptors (Lipinski definition) is 1. The van der Waals surface area contributed by atoms with Gasteiger partial charge in [0.15, 0.2) is 0 Å². The number of alkyl halides is 1. The Kier molecular flexibility index (Phi) is 4.46. The number of rotatable bonds is 5. The summed E-state index contributed by atoms with van der Waals surface area (Å²) in [6, 6.07) is 5.97. The van der Waals surface area contributed by atoms with Crippen LogP contribution in [0.3, 0.4) is 0 Å². The van der Waals surface area contributed by atoms with Gasteiger partial charge in [-0.05, 0) is 42.9 Å². The Balaban J connectivity index is 2.05. The highest BCUT2D eigenvalue weighted by Gasteiger charge is 2.33. The van der Waals surface area contributed by atoms with Crippen LogP contribution in [0.5, 0.6) is 0 Å². The Bertz CT molecular complexity index is 627. The molecule has 0 spiro atoms. The van der Waals surface area contributed by atoms with Crippen molar-refractivity contribution in [2.24, 2.45) is 5.41 Å². The van der Waals surface area contributed by atoms with Gasteiger partial charge in [-0.2, -0.15) is 0 Å². The molecule has 21 heavy (non-hydrogen) atoms. The molecular weight excluding hydrogens is 303 g/mol. The largest absolute Gasteiger partial charge is 0.327 e. The first-order valence-electron chi connectivity index (χ1n) is 7.88. The number of imidazole rings is 1. The van der Waals surface area contributed by atoms with Crippen molar-refractivity contribution in [2.75, 3.05) is 5.88 Å². The number of halogens is 2. The molecular formula is C17H22Cl2N2. The second kappa shape index (κ2) is 6.18. The van der Waals surface area contributed by atoms with Gasteiger partial charge in [-0.1, -0.05) is 31.4 Å². The van der Waals surface area contributed by atoms with Crippen LogP contribution < -0.4 is 0 Å². The normalized spacial score (nSPS) is 17.7. The van der Waals surface area contributed by atoms with Crippen molar-refractivity contribution in [1.29, 1.82) is 0 Å². The van der Waals surface area contributed by atoms with Gasteiger partial charge in [-0.15, -0.1) is 11.6 Å². The van der Waals surface area contributed by atoms with Gasteiger partial charge in [0, 0.05) is 23.9 Å². The van der Waals surface area contributed by atoms with Gasteiger partial charge in [0.1, 0.15) is 5.82 Å². The van der Waals surface area contributed by atoms with Crippen molar-refractivity contribution in [2.45, 2.75) is 52.0 Å². The van der Waals surface area contributed by atoms with E-state index in [4.69, 9.17) is 28.2 Å². The Morgan fingerprint density at radius 2 is 2.05 bits per heavy atom. The lowest BCUT2D eigenvalue weighted by Crippen LogP contribution is -2.24. The quantitative estimate of drug-likeness (QED) is 0.669. The number of fused-ring (bicyclic) bond motifs is 1. The molecule has 0 atom stereocenters. The number of aryl methyl sites for hydroxylation is 1. The summed E-state index contributed by atoms with van der Waals surface area (Å²) < 4.78 is 2.37. The van der Waals surface area contributed by atoms with Gasteiger partial charge in [0.25, 0.3) is 0 Å². The van der Waals surface area contributed by atoms with Gasteiger partial charge in [0.2, 0.25) is 0 Å². The molecule has 0 N–H and O–H groups in total. The minimum atomic E-state index is 0.428. The first kappa shape index (κ1) is 15.2. The molecule has 0 bridgehead atoms. The molecule has 0 saturated heterocycles. The number of hydrogen-bond donors (Lipinski definition) is 0. The summed E-state index contributed by atoms with van der Waals surface area (Å²) in [4.78, 5) is 4.77. The average molecular weight is 325 g/mol. The molecule has 0 unspecified atom stereocenters. The van der Waals surface area contributed by atoms with E-state index in [0.29, 0.717) is 11.3 Å². The fraction of sp³-hybridized carbons (Fsp3) is 0.588. The van der Waals surface area contributed by atoms with E-state index in [1.807, 2.05) is 18.2 Å². The minimum absolute atomic E-state index is 0.428. The van der Waals surface area contributed by atoms with Gasteiger partial charge in [-0.3, -0.25) is 0 Å². The molecule has 1 heterocycles. The van der Waals surface area contributed by atoms with E-state index in [1.165, 1.54) is 32.1 Å². The molecule has 1 saturated carbocycles. The van der Waals surface area contributed by atoms with Crippen molar-refractivity contribution < 1.29 is 0 Å². The summed E-state index contributed by atoms with van der Waals surface area (Å²) in [6.07, 6.45) is 7.40. The summed E-state index contributed by atoms with van der Waals surface area (Å²) in [5.74, 6) is 1.71. The third-order valence-electron chi connectivity index (χ3n) is 5.02. The Labute approximate surface area is 136 Å². The Morgan fingerprint density at radius 1 is 1.29 bits per heavy atom. The van der Waals surface area contributed by atoms with Crippen LogP contribution in [0.25, 0.3) is 11.0 Å². The molecule has 0 aliphatic heterocycles. The lowest BCUT2D eigenvalue weighted by atomic mass is 9.83. The molecule has 114 valence electrons. The van der Waals surface area contributed by atoms with E-state index in [0.717, 1.165) is 34.8 Å². The molecule has 1 fully saturated rings. The van der Waals surface area contributed by atoms with E-state index in [9.17, 15) is 0 Å². The first-order valence-corrected chi connectivity index (χ1v) is 8.79. The average Bonchev–Trinajstić information content (AvgIpc) is 3.07. The fourth-order valence-electron chi connectivity index (χ4n) is 3.68. The second-order valence-corrected chi connectivity index (χ2v) is 7.06. The van der Waals surface area contributed by atoms with Gasteiger partial charge >= 0.3 is 0 Å². The molecule has 1 aliphatic rings. The maximum atomic E-state index is 6.20. The first-order chi connectivity index (χ1) is 10.2. The number of benzene rings is 1. The zero-order valence-corrected chi connectivity index (χ0v) is 14.1. The van der Waals surface area contributed by atoms with E-state index in [-0.39, 0.29) is 0 Å². The number of aromatic nitrogens is 2. The third-order valence-corrected chi connectivity index (χ3v) is 5.44. The van der Waals surface area contributed by atoms with Crippen LogP contribution >= 0.6 is 23.2 Å². The van der Waals surface area contributed by atoms with Gasteiger partial charge in [0.05, 0.1) is 11.0 Å². The summed E-state index contributed by atoms with van der Waals surface area (Å²) in [6.45, 7) is 3.37. The van der Waals surface area contributed by atoms with Crippen LogP contribution in [0.4, 0.5) is 0 Å². The smallest absolute Gasteiger partial charge is 0.111 e. The maximum Gasteiger partial charge on any atom is 0.111 e. The zero-order chi connectivity index (χ0) is 14.9. The summed E-state index contributed by atoms with van der Waals surface area (Å²) in [5.41, 5.74) is 2.61. The minimum Gasteiger partial charge on any atom is -0.327 e. The summed E-state index contributed by atoms with van der Waals surface area (Å²) in [7, 11) is 0. The lowest BCUT2D eigenvalue weighted by molar-refractivity contribution is 0.238.